The summed E-state index contributed by atoms with van der Waals surface area (Å²) in [6.45, 7) is 2.11. The van der Waals surface area contributed by atoms with Gasteiger partial charge in [0, 0.05) is 22.1 Å². The highest BCUT2D eigenvalue weighted by Gasteiger charge is 2.32. The van der Waals surface area contributed by atoms with Crippen LogP contribution in [-0.4, -0.2) is 24.2 Å². The minimum absolute atomic E-state index is 0.0961. The number of anilines is 1. The molecule has 1 aromatic carbocycles. The van der Waals surface area contributed by atoms with Crippen molar-refractivity contribution in [2.75, 3.05) is 17.7 Å². The highest BCUT2D eigenvalue weighted by Crippen LogP contribution is 2.46. The fourth-order valence-electron chi connectivity index (χ4n) is 2.55. The van der Waals surface area contributed by atoms with Gasteiger partial charge >= 0.3 is 5.97 Å². The molecule has 1 amide bonds. The Bertz CT molecular complexity index is 785. The Balaban J connectivity index is 1.58. The molecule has 26 heavy (non-hydrogen) atoms. The number of benzene rings is 1. The van der Waals surface area contributed by atoms with Crippen LogP contribution in [0.3, 0.4) is 0 Å². The lowest BCUT2D eigenvalue weighted by molar-refractivity contribution is -0.115. The van der Waals surface area contributed by atoms with Gasteiger partial charge in [-0.2, -0.15) is 0 Å². The topological polar surface area (TPSA) is 55.4 Å². The second-order valence-corrected chi connectivity index (χ2v) is 8.47. The summed E-state index contributed by atoms with van der Waals surface area (Å²) in [4.78, 5) is 25.7. The number of amides is 1. The van der Waals surface area contributed by atoms with Crippen molar-refractivity contribution in [3.05, 3.63) is 45.8 Å². The first-order valence-corrected chi connectivity index (χ1v) is 10.8. The summed E-state index contributed by atoms with van der Waals surface area (Å²) in [5.74, 6) is 0.641. The number of carbonyl (C=O) groups excluding carboxylic acids is 2. The molecule has 138 valence electrons. The van der Waals surface area contributed by atoms with E-state index in [1.165, 1.54) is 11.3 Å². The Hall–Kier alpha value is -1.50. The average Bonchev–Trinajstić information content (AvgIpc) is 3.38. The van der Waals surface area contributed by atoms with Crippen LogP contribution < -0.4 is 5.32 Å². The average molecular weight is 410 g/mol. The molecule has 0 spiro atoms. The van der Waals surface area contributed by atoms with Gasteiger partial charge in [0.15, 0.2) is 0 Å². The lowest BCUT2D eigenvalue weighted by Gasteiger charge is -2.08. The molecule has 1 aliphatic rings. The molecule has 1 heterocycles. The number of hydrogen-bond donors (Lipinski definition) is 1. The lowest BCUT2D eigenvalue weighted by Crippen LogP contribution is -2.15. The van der Waals surface area contributed by atoms with Crippen molar-refractivity contribution in [3.63, 3.8) is 0 Å². The van der Waals surface area contributed by atoms with Gasteiger partial charge in [-0.15, -0.1) is 23.1 Å². The monoisotopic (exact) mass is 409 g/mol. The van der Waals surface area contributed by atoms with Gasteiger partial charge in [-0.25, -0.2) is 4.79 Å². The van der Waals surface area contributed by atoms with Gasteiger partial charge in [0.1, 0.15) is 5.00 Å². The Morgan fingerprint density at radius 3 is 2.69 bits per heavy atom. The Morgan fingerprint density at radius 2 is 2.04 bits per heavy atom. The first-order valence-electron chi connectivity index (χ1n) is 8.55. The van der Waals surface area contributed by atoms with Crippen LogP contribution in [0.5, 0.6) is 0 Å². The maximum Gasteiger partial charge on any atom is 0.341 e. The van der Waals surface area contributed by atoms with E-state index in [-0.39, 0.29) is 11.9 Å². The number of ether oxygens (including phenoxy) is 1. The summed E-state index contributed by atoms with van der Waals surface area (Å²) in [5, 5.41) is 6.17. The molecule has 2 aromatic rings. The molecule has 4 nitrogen and oxygen atoms in total. The number of esters is 1. The summed E-state index contributed by atoms with van der Waals surface area (Å²) in [7, 11) is 0. The predicted octanol–water partition coefficient (Wildman–Crippen LogP) is 5.58. The third kappa shape index (κ3) is 5.02. The zero-order valence-electron chi connectivity index (χ0n) is 14.4. The first kappa shape index (κ1) is 19.3. The van der Waals surface area contributed by atoms with Gasteiger partial charge in [-0.05, 0) is 60.9 Å². The standard InChI is InChI=1S/C19H20ClNO3S2/c1-2-24-19(23)17-15(12-3-4-12)11-26-18(17)21-16(22)9-10-25-14-7-5-13(20)6-8-14/h5-8,11-12H,2-4,9-10H2,1H3,(H,21,22). The van der Waals surface area contributed by atoms with Crippen LogP contribution >= 0.6 is 34.7 Å². The van der Waals surface area contributed by atoms with Gasteiger partial charge in [0.25, 0.3) is 0 Å². The molecule has 1 saturated carbocycles. The molecule has 0 unspecified atom stereocenters. The summed E-state index contributed by atoms with van der Waals surface area (Å²) in [5.41, 5.74) is 1.55. The van der Waals surface area contributed by atoms with E-state index in [0.29, 0.717) is 40.3 Å². The number of thiophene rings is 1. The zero-order valence-corrected chi connectivity index (χ0v) is 16.8. The Kier molecular flexibility index (Phi) is 6.62. The molecule has 0 atom stereocenters. The van der Waals surface area contributed by atoms with Crippen molar-refractivity contribution in [2.24, 2.45) is 0 Å². The minimum atomic E-state index is -0.346. The molecular weight excluding hydrogens is 390 g/mol. The van der Waals surface area contributed by atoms with E-state index in [1.54, 1.807) is 18.7 Å². The molecule has 0 radical (unpaired) electrons. The van der Waals surface area contributed by atoms with Crippen molar-refractivity contribution in [3.8, 4) is 0 Å². The van der Waals surface area contributed by atoms with Gasteiger partial charge < -0.3 is 10.1 Å². The van der Waals surface area contributed by atoms with Crippen LogP contribution in [0.2, 0.25) is 5.02 Å². The van der Waals surface area contributed by atoms with Gasteiger partial charge in [0.2, 0.25) is 5.91 Å². The fourth-order valence-corrected chi connectivity index (χ4v) is 4.58. The van der Waals surface area contributed by atoms with Crippen LogP contribution in [0.4, 0.5) is 5.00 Å². The van der Waals surface area contributed by atoms with Gasteiger partial charge in [0.05, 0.1) is 12.2 Å². The van der Waals surface area contributed by atoms with Crippen molar-refractivity contribution in [1.29, 1.82) is 0 Å². The van der Waals surface area contributed by atoms with Crippen molar-refractivity contribution >= 4 is 51.6 Å². The van der Waals surface area contributed by atoms with E-state index in [0.717, 1.165) is 23.3 Å². The SMILES string of the molecule is CCOC(=O)c1c(C2CC2)csc1NC(=O)CCSc1ccc(Cl)cc1. The Labute approximate surface area is 166 Å². The molecule has 1 aromatic heterocycles. The second kappa shape index (κ2) is 8.93. The smallest absolute Gasteiger partial charge is 0.341 e. The van der Waals surface area contributed by atoms with Gasteiger partial charge in [-0.1, -0.05) is 11.6 Å². The normalized spacial score (nSPS) is 13.5. The van der Waals surface area contributed by atoms with Crippen molar-refractivity contribution in [2.45, 2.75) is 37.0 Å². The minimum Gasteiger partial charge on any atom is -0.462 e. The van der Waals surface area contributed by atoms with Crippen LogP contribution in [0.1, 0.15) is 48.0 Å². The number of thioether (sulfide) groups is 1. The first-order chi connectivity index (χ1) is 12.6. The molecule has 3 rings (SSSR count). The summed E-state index contributed by atoms with van der Waals surface area (Å²) in [6.07, 6.45) is 2.55. The van der Waals surface area contributed by atoms with Crippen LogP contribution in [0, 0.1) is 0 Å². The maximum absolute atomic E-state index is 12.3. The quantitative estimate of drug-likeness (QED) is 0.457. The fraction of sp³-hybridized carbons (Fsp3) is 0.368. The third-order valence-electron chi connectivity index (χ3n) is 3.98. The Morgan fingerprint density at radius 1 is 1.31 bits per heavy atom. The van der Waals surface area contributed by atoms with Crippen LogP contribution in [-0.2, 0) is 9.53 Å². The van der Waals surface area contributed by atoms with E-state index < -0.39 is 0 Å². The van der Waals surface area contributed by atoms with E-state index in [9.17, 15) is 9.59 Å². The van der Waals surface area contributed by atoms with Crippen molar-refractivity contribution < 1.29 is 14.3 Å². The molecule has 1 N–H and O–H groups in total. The highest BCUT2D eigenvalue weighted by atomic mass is 35.5. The van der Waals surface area contributed by atoms with E-state index in [2.05, 4.69) is 5.32 Å². The molecular formula is C19H20ClNO3S2. The summed E-state index contributed by atoms with van der Waals surface area (Å²) in [6, 6.07) is 7.54. The number of halogens is 1. The van der Waals surface area contributed by atoms with E-state index >= 15 is 0 Å². The molecule has 0 saturated heterocycles. The zero-order chi connectivity index (χ0) is 18.5. The highest BCUT2D eigenvalue weighted by molar-refractivity contribution is 7.99. The summed E-state index contributed by atoms with van der Waals surface area (Å²) < 4.78 is 5.18. The predicted molar refractivity (Wildman–Crippen MR) is 108 cm³/mol. The van der Waals surface area contributed by atoms with E-state index in [1.807, 2.05) is 29.6 Å². The molecule has 0 bridgehead atoms. The van der Waals surface area contributed by atoms with Crippen LogP contribution in [0.15, 0.2) is 34.5 Å². The van der Waals surface area contributed by atoms with Gasteiger partial charge in [-0.3, -0.25) is 4.79 Å². The number of rotatable bonds is 8. The maximum atomic E-state index is 12.3. The molecule has 0 aliphatic heterocycles. The third-order valence-corrected chi connectivity index (χ3v) is 6.16. The van der Waals surface area contributed by atoms with E-state index in [4.69, 9.17) is 16.3 Å². The lowest BCUT2D eigenvalue weighted by atomic mass is 10.1. The molecule has 1 fully saturated rings. The van der Waals surface area contributed by atoms with Crippen molar-refractivity contribution in [1.82, 2.24) is 0 Å². The number of hydrogen-bond acceptors (Lipinski definition) is 5. The number of nitrogens with one attached hydrogen (secondary N) is 1. The second-order valence-electron chi connectivity index (χ2n) is 5.99. The largest absolute Gasteiger partial charge is 0.462 e. The molecule has 1 aliphatic carbocycles. The molecule has 7 heteroatoms. The number of carbonyl (C=O) groups is 2. The van der Waals surface area contributed by atoms with Crippen LogP contribution in [0.25, 0.3) is 0 Å². The summed E-state index contributed by atoms with van der Waals surface area (Å²) >= 11 is 8.87.